The molecule has 136 valence electrons. The van der Waals surface area contributed by atoms with Crippen molar-refractivity contribution in [2.75, 3.05) is 13.7 Å². The summed E-state index contributed by atoms with van der Waals surface area (Å²) in [5.41, 5.74) is 3.50. The van der Waals surface area contributed by atoms with Crippen LogP contribution in [0, 0.1) is 12.8 Å². The van der Waals surface area contributed by atoms with Crippen LogP contribution in [0.1, 0.15) is 29.0 Å². The highest BCUT2D eigenvalue weighted by atomic mass is 16.5. The molecule has 0 bridgehead atoms. The lowest BCUT2D eigenvalue weighted by Crippen LogP contribution is -2.28. The molecule has 0 heterocycles. The fourth-order valence-electron chi connectivity index (χ4n) is 3.29. The van der Waals surface area contributed by atoms with Crippen LogP contribution in [-0.4, -0.2) is 35.5 Å². The summed E-state index contributed by atoms with van der Waals surface area (Å²) in [4.78, 5) is 25.0. The van der Waals surface area contributed by atoms with Gasteiger partial charge in [0, 0.05) is 19.5 Å². The zero-order valence-corrected chi connectivity index (χ0v) is 15.0. The third kappa shape index (κ3) is 4.23. The van der Waals surface area contributed by atoms with Gasteiger partial charge in [-0.05, 0) is 48.1 Å². The van der Waals surface area contributed by atoms with E-state index in [1.165, 1.54) is 11.1 Å². The summed E-state index contributed by atoms with van der Waals surface area (Å²) < 4.78 is 5.12. The van der Waals surface area contributed by atoms with Crippen molar-refractivity contribution < 1.29 is 19.4 Å². The molecule has 1 aliphatic carbocycles. The number of carbonyl (C=O) groups is 2. The van der Waals surface area contributed by atoms with Crippen molar-refractivity contribution in [3.63, 3.8) is 0 Å². The van der Waals surface area contributed by atoms with Crippen LogP contribution >= 0.6 is 0 Å². The molecule has 3 rings (SSSR count). The van der Waals surface area contributed by atoms with Crippen LogP contribution in [0.25, 0.3) is 0 Å². The van der Waals surface area contributed by atoms with E-state index in [-0.39, 0.29) is 18.4 Å². The van der Waals surface area contributed by atoms with Gasteiger partial charge in [-0.1, -0.05) is 36.4 Å². The van der Waals surface area contributed by atoms with E-state index in [1.807, 2.05) is 31.3 Å². The average Bonchev–Trinajstić information content (AvgIpc) is 3.41. The number of benzene rings is 2. The largest absolute Gasteiger partial charge is 0.482 e. The molecule has 1 aliphatic rings. The Hall–Kier alpha value is -2.82. The first-order valence-corrected chi connectivity index (χ1v) is 8.69. The van der Waals surface area contributed by atoms with Crippen molar-refractivity contribution in [2.45, 2.75) is 25.8 Å². The standard InChI is InChI=1S/C21H23NO4/c1-14-5-3-4-6-17(14)18-11-19(18)21(25)22(2)12-15-7-9-16(10-8-15)26-13-20(23)24/h3-10,18-19H,11-13H2,1-2H3,(H,23,24)/t18-,19+/m0/s1. The Kier molecular flexibility index (Phi) is 5.26. The number of amides is 1. The van der Waals surface area contributed by atoms with Gasteiger partial charge in [0.2, 0.25) is 5.91 Å². The number of carboxylic acids is 1. The van der Waals surface area contributed by atoms with Crippen LogP contribution in [0.2, 0.25) is 0 Å². The Labute approximate surface area is 153 Å². The number of aliphatic carboxylic acids is 1. The van der Waals surface area contributed by atoms with Gasteiger partial charge >= 0.3 is 5.97 Å². The van der Waals surface area contributed by atoms with E-state index >= 15 is 0 Å². The molecule has 0 radical (unpaired) electrons. The molecular formula is C21H23NO4. The molecule has 0 saturated heterocycles. The van der Waals surface area contributed by atoms with Crippen LogP contribution < -0.4 is 4.74 Å². The third-order valence-electron chi connectivity index (χ3n) is 4.78. The molecule has 1 N–H and O–H groups in total. The Morgan fingerprint density at radius 2 is 1.85 bits per heavy atom. The summed E-state index contributed by atoms with van der Waals surface area (Å²) in [5.74, 6) is 0.0701. The minimum atomic E-state index is -1.01. The van der Waals surface area contributed by atoms with Gasteiger partial charge in [-0.2, -0.15) is 0 Å². The minimum Gasteiger partial charge on any atom is -0.482 e. The average molecular weight is 353 g/mol. The molecule has 1 amide bonds. The maximum atomic E-state index is 12.7. The molecule has 5 nitrogen and oxygen atoms in total. The fourth-order valence-corrected chi connectivity index (χ4v) is 3.29. The summed E-state index contributed by atoms with van der Waals surface area (Å²) >= 11 is 0. The number of carboxylic acid groups (broad SMARTS) is 1. The topological polar surface area (TPSA) is 66.8 Å². The second kappa shape index (κ2) is 7.60. The minimum absolute atomic E-state index is 0.0688. The number of aryl methyl sites for hydroxylation is 1. The van der Waals surface area contributed by atoms with Crippen LogP contribution in [0.5, 0.6) is 5.75 Å². The van der Waals surface area contributed by atoms with E-state index in [0.29, 0.717) is 18.2 Å². The zero-order valence-electron chi connectivity index (χ0n) is 15.0. The molecule has 1 fully saturated rings. The van der Waals surface area contributed by atoms with Gasteiger partial charge in [-0.15, -0.1) is 0 Å². The molecule has 0 aromatic heterocycles. The van der Waals surface area contributed by atoms with Crippen molar-refractivity contribution in [2.24, 2.45) is 5.92 Å². The Morgan fingerprint density at radius 1 is 1.15 bits per heavy atom. The first-order chi connectivity index (χ1) is 12.5. The van der Waals surface area contributed by atoms with E-state index in [1.54, 1.807) is 17.0 Å². The highest BCUT2D eigenvalue weighted by Gasteiger charge is 2.45. The Morgan fingerprint density at radius 3 is 2.50 bits per heavy atom. The van der Waals surface area contributed by atoms with Crippen LogP contribution in [0.15, 0.2) is 48.5 Å². The number of hydrogen-bond donors (Lipinski definition) is 1. The Bertz CT molecular complexity index is 800. The molecular weight excluding hydrogens is 330 g/mol. The van der Waals surface area contributed by atoms with Gasteiger partial charge in [0.1, 0.15) is 5.75 Å². The number of rotatable bonds is 7. The molecule has 0 aliphatic heterocycles. The van der Waals surface area contributed by atoms with Crippen LogP contribution in [0.4, 0.5) is 0 Å². The van der Waals surface area contributed by atoms with Gasteiger partial charge in [-0.3, -0.25) is 4.79 Å². The maximum absolute atomic E-state index is 12.7. The SMILES string of the molecule is Cc1ccccc1[C@@H]1C[C@H]1C(=O)N(C)Cc1ccc(OCC(=O)O)cc1. The summed E-state index contributed by atoms with van der Waals surface area (Å²) in [5, 5.41) is 8.62. The zero-order chi connectivity index (χ0) is 18.7. The Balaban J connectivity index is 1.55. The fraction of sp³-hybridized carbons (Fsp3) is 0.333. The summed E-state index contributed by atoms with van der Waals surface area (Å²) in [6, 6.07) is 15.4. The highest BCUT2D eigenvalue weighted by molar-refractivity contribution is 5.83. The van der Waals surface area contributed by atoms with Gasteiger partial charge in [0.25, 0.3) is 0 Å². The monoisotopic (exact) mass is 353 g/mol. The molecule has 2 aromatic carbocycles. The summed E-state index contributed by atoms with van der Waals surface area (Å²) in [7, 11) is 1.82. The number of ether oxygens (including phenoxy) is 1. The number of nitrogens with zero attached hydrogens (tertiary/aromatic N) is 1. The molecule has 2 atom stereocenters. The lowest BCUT2D eigenvalue weighted by Gasteiger charge is -2.18. The first-order valence-electron chi connectivity index (χ1n) is 8.69. The van der Waals surface area contributed by atoms with Crippen molar-refractivity contribution in [1.82, 2.24) is 4.90 Å². The van der Waals surface area contributed by atoms with E-state index in [9.17, 15) is 9.59 Å². The van der Waals surface area contributed by atoms with Gasteiger partial charge < -0.3 is 14.7 Å². The lowest BCUT2D eigenvalue weighted by atomic mass is 10.0. The number of hydrogen-bond acceptors (Lipinski definition) is 3. The van der Waals surface area contributed by atoms with E-state index < -0.39 is 5.97 Å². The second-order valence-corrected chi connectivity index (χ2v) is 6.83. The highest BCUT2D eigenvalue weighted by Crippen LogP contribution is 2.49. The molecule has 0 spiro atoms. The van der Waals surface area contributed by atoms with E-state index in [4.69, 9.17) is 9.84 Å². The third-order valence-corrected chi connectivity index (χ3v) is 4.78. The molecule has 0 unspecified atom stereocenters. The first kappa shape index (κ1) is 18.0. The van der Waals surface area contributed by atoms with Crippen molar-refractivity contribution in [3.05, 3.63) is 65.2 Å². The normalized spacial score (nSPS) is 18.2. The molecule has 1 saturated carbocycles. The van der Waals surface area contributed by atoms with E-state index in [0.717, 1.165) is 12.0 Å². The van der Waals surface area contributed by atoms with Gasteiger partial charge in [0.05, 0.1) is 0 Å². The second-order valence-electron chi connectivity index (χ2n) is 6.83. The van der Waals surface area contributed by atoms with Crippen LogP contribution in [-0.2, 0) is 16.1 Å². The summed E-state index contributed by atoms with van der Waals surface area (Å²) in [6.45, 7) is 2.25. The van der Waals surface area contributed by atoms with Gasteiger partial charge in [0.15, 0.2) is 6.61 Å². The molecule has 2 aromatic rings. The van der Waals surface area contributed by atoms with E-state index in [2.05, 4.69) is 19.1 Å². The number of carbonyl (C=O) groups excluding carboxylic acids is 1. The van der Waals surface area contributed by atoms with Crippen LogP contribution in [0.3, 0.4) is 0 Å². The van der Waals surface area contributed by atoms with Crippen molar-refractivity contribution in [3.8, 4) is 5.75 Å². The molecule has 26 heavy (non-hydrogen) atoms. The lowest BCUT2D eigenvalue weighted by molar-refractivity contribution is -0.139. The smallest absolute Gasteiger partial charge is 0.341 e. The maximum Gasteiger partial charge on any atom is 0.341 e. The van der Waals surface area contributed by atoms with Crippen molar-refractivity contribution >= 4 is 11.9 Å². The quantitative estimate of drug-likeness (QED) is 0.830. The predicted octanol–water partition coefficient (Wildman–Crippen LogP) is 3.22. The van der Waals surface area contributed by atoms with Crippen molar-refractivity contribution in [1.29, 1.82) is 0 Å². The molecule has 5 heteroatoms. The van der Waals surface area contributed by atoms with Gasteiger partial charge in [-0.25, -0.2) is 4.79 Å². The summed E-state index contributed by atoms with van der Waals surface area (Å²) in [6.07, 6.45) is 0.913. The predicted molar refractivity (Wildman–Crippen MR) is 98.1 cm³/mol.